The van der Waals surface area contributed by atoms with Crippen LogP contribution >= 0.6 is 22.9 Å². The number of carbonyl (C=O) groups excluding carboxylic acids is 2. The monoisotopic (exact) mass is 412 g/mol. The Bertz CT molecular complexity index is 809. The van der Waals surface area contributed by atoms with Crippen LogP contribution in [-0.4, -0.2) is 36.7 Å². The number of amides is 1. The fourth-order valence-electron chi connectivity index (χ4n) is 2.11. The number of ether oxygens (including phenoxy) is 3. The van der Waals surface area contributed by atoms with Crippen LogP contribution in [0.2, 0.25) is 5.02 Å². The van der Waals surface area contributed by atoms with E-state index in [1.165, 1.54) is 11.4 Å². The second kappa shape index (κ2) is 10.1. The number of nitrogens with zero attached hydrogens (tertiary/aromatic N) is 1. The third-order valence-corrected chi connectivity index (χ3v) is 4.27. The number of nitrogens with one attached hydrogen (secondary N) is 1. The number of anilines is 1. The van der Waals surface area contributed by atoms with Gasteiger partial charge in [0.05, 0.1) is 24.8 Å². The summed E-state index contributed by atoms with van der Waals surface area (Å²) in [5, 5.41) is 4.73. The van der Waals surface area contributed by atoms with Crippen molar-refractivity contribution in [1.29, 1.82) is 0 Å². The van der Waals surface area contributed by atoms with Gasteiger partial charge in [-0.15, -0.1) is 11.3 Å². The van der Waals surface area contributed by atoms with Crippen LogP contribution in [0, 0.1) is 0 Å². The van der Waals surface area contributed by atoms with Crippen molar-refractivity contribution < 1.29 is 23.8 Å². The van der Waals surface area contributed by atoms with Crippen molar-refractivity contribution in [3.8, 4) is 11.5 Å². The Morgan fingerprint density at radius 3 is 2.63 bits per heavy atom. The normalized spacial score (nSPS) is 10.4. The number of hydrogen-bond acceptors (Lipinski definition) is 7. The fraction of sp³-hybridized carbons (Fsp3) is 0.389. The molecule has 0 aliphatic carbocycles. The lowest BCUT2D eigenvalue weighted by Crippen LogP contribution is -2.13. The third kappa shape index (κ3) is 5.58. The number of halogens is 1. The number of thiazole rings is 1. The van der Waals surface area contributed by atoms with Gasteiger partial charge in [-0.1, -0.05) is 18.5 Å². The van der Waals surface area contributed by atoms with E-state index in [4.69, 9.17) is 25.8 Å². The standard InChI is InChI=1S/C18H21ClN2O5S/c1-4-7-26-15-12(19)8-11(9-14(15)24-5-2)16(22)21-18-20-13(10-27-18)17(23)25-6-3/h8-10H,4-7H2,1-3H3,(H,20,21,22). The van der Waals surface area contributed by atoms with Crippen molar-refractivity contribution in [3.63, 3.8) is 0 Å². The summed E-state index contributed by atoms with van der Waals surface area (Å²) >= 11 is 7.40. The Balaban J connectivity index is 2.19. The molecule has 0 atom stereocenters. The zero-order chi connectivity index (χ0) is 19.8. The van der Waals surface area contributed by atoms with E-state index < -0.39 is 11.9 Å². The van der Waals surface area contributed by atoms with Gasteiger partial charge in [-0.3, -0.25) is 10.1 Å². The molecule has 1 amide bonds. The molecule has 1 N–H and O–H groups in total. The summed E-state index contributed by atoms with van der Waals surface area (Å²) in [5.41, 5.74) is 0.439. The van der Waals surface area contributed by atoms with E-state index in [1.807, 2.05) is 13.8 Å². The Morgan fingerprint density at radius 2 is 1.96 bits per heavy atom. The van der Waals surface area contributed by atoms with Crippen LogP contribution in [0.5, 0.6) is 11.5 Å². The Hall–Kier alpha value is -2.32. The first-order chi connectivity index (χ1) is 13.0. The lowest BCUT2D eigenvalue weighted by molar-refractivity contribution is 0.0520. The molecule has 0 saturated heterocycles. The zero-order valence-corrected chi connectivity index (χ0v) is 16.9. The van der Waals surface area contributed by atoms with Crippen molar-refractivity contribution in [2.75, 3.05) is 25.1 Å². The molecule has 0 radical (unpaired) electrons. The molecule has 2 rings (SSSR count). The van der Waals surface area contributed by atoms with Crippen LogP contribution in [-0.2, 0) is 4.74 Å². The van der Waals surface area contributed by atoms with Gasteiger partial charge >= 0.3 is 5.97 Å². The molecule has 146 valence electrons. The molecule has 9 heteroatoms. The third-order valence-electron chi connectivity index (χ3n) is 3.23. The maximum atomic E-state index is 12.5. The minimum atomic E-state index is -0.534. The topological polar surface area (TPSA) is 86.8 Å². The first kappa shape index (κ1) is 21.0. The van der Waals surface area contributed by atoms with Crippen LogP contribution in [0.3, 0.4) is 0 Å². The highest BCUT2D eigenvalue weighted by Gasteiger charge is 2.18. The van der Waals surface area contributed by atoms with E-state index in [2.05, 4.69) is 10.3 Å². The largest absolute Gasteiger partial charge is 0.490 e. The minimum Gasteiger partial charge on any atom is -0.490 e. The summed E-state index contributed by atoms with van der Waals surface area (Å²) < 4.78 is 16.1. The van der Waals surface area contributed by atoms with Crippen molar-refractivity contribution in [2.24, 2.45) is 0 Å². The second-order valence-corrected chi connectivity index (χ2v) is 6.54. The molecule has 0 saturated carbocycles. The average molecular weight is 413 g/mol. The van der Waals surface area contributed by atoms with Crippen LogP contribution < -0.4 is 14.8 Å². The molecule has 0 bridgehead atoms. The van der Waals surface area contributed by atoms with Crippen LogP contribution in [0.4, 0.5) is 5.13 Å². The molecular formula is C18H21ClN2O5S. The molecule has 0 spiro atoms. The van der Waals surface area contributed by atoms with Gasteiger partial charge in [-0.25, -0.2) is 9.78 Å². The molecular weight excluding hydrogens is 392 g/mol. The molecule has 27 heavy (non-hydrogen) atoms. The number of aromatic nitrogens is 1. The smallest absolute Gasteiger partial charge is 0.357 e. The number of hydrogen-bond donors (Lipinski definition) is 1. The Morgan fingerprint density at radius 1 is 1.19 bits per heavy atom. The SMILES string of the molecule is CCCOc1c(Cl)cc(C(=O)Nc2nc(C(=O)OCC)cs2)cc1OCC. The quantitative estimate of drug-likeness (QED) is 0.614. The van der Waals surface area contributed by atoms with Crippen LogP contribution in [0.15, 0.2) is 17.5 Å². The summed E-state index contributed by atoms with van der Waals surface area (Å²) in [4.78, 5) is 28.3. The highest BCUT2D eigenvalue weighted by molar-refractivity contribution is 7.14. The molecule has 0 unspecified atom stereocenters. The Labute approximate surface area is 166 Å². The summed E-state index contributed by atoms with van der Waals surface area (Å²) in [7, 11) is 0. The van der Waals surface area contributed by atoms with Gasteiger partial charge in [0.15, 0.2) is 22.3 Å². The maximum Gasteiger partial charge on any atom is 0.357 e. The molecule has 0 fully saturated rings. The van der Waals surface area contributed by atoms with E-state index in [-0.39, 0.29) is 22.5 Å². The van der Waals surface area contributed by atoms with E-state index in [0.29, 0.717) is 30.3 Å². The number of benzene rings is 1. The van der Waals surface area contributed by atoms with Crippen LogP contribution in [0.25, 0.3) is 0 Å². The average Bonchev–Trinajstić information content (AvgIpc) is 3.10. The van der Waals surface area contributed by atoms with E-state index in [0.717, 1.165) is 17.8 Å². The predicted octanol–water partition coefficient (Wildman–Crippen LogP) is 4.41. The fourth-order valence-corrected chi connectivity index (χ4v) is 3.05. The van der Waals surface area contributed by atoms with E-state index in [1.54, 1.807) is 13.0 Å². The summed E-state index contributed by atoms with van der Waals surface area (Å²) in [6, 6.07) is 3.07. The minimum absolute atomic E-state index is 0.147. The molecule has 0 aliphatic rings. The first-order valence-corrected chi connectivity index (χ1v) is 9.78. The number of rotatable bonds is 9. The zero-order valence-electron chi connectivity index (χ0n) is 15.3. The number of esters is 1. The van der Waals surface area contributed by atoms with Crippen molar-refractivity contribution in [1.82, 2.24) is 4.98 Å². The van der Waals surface area contributed by atoms with Gasteiger partial charge in [-0.2, -0.15) is 0 Å². The molecule has 7 nitrogen and oxygen atoms in total. The second-order valence-electron chi connectivity index (χ2n) is 5.28. The van der Waals surface area contributed by atoms with Gasteiger partial charge < -0.3 is 14.2 Å². The summed E-state index contributed by atoms with van der Waals surface area (Å²) in [5.74, 6) is -0.149. The predicted molar refractivity (Wildman–Crippen MR) is 104 cm³/mol. The van der Waals surface area contributed by atoms with Gasteiger partial charge in [0, 0.05) is 10.9 Å². The van der Waals surface area contributed by atoms with Crippen molar-refractivity contribution >= 4 is 39.9 Å². The summed E-state index contributed by atoms with van der Waals surface area (Å²) in [6.45, 7) is 6.66. The van der Waals surface area contributed by atoms with E-state index >= 15 is 0 Å². The maximum absolute atomic E-state index is 12.5. The highest BCUT2D eigenvalue weighted by Crippen LogP contribution is 2.37. The van der Waals surface area contributed by atoms with Gasteiger partial charge in [0.25, 0.3) is 5.91 Å². The van der Waals surface area contributed by atoms with Gasteiger partial charge in [0.2, 0.25) is 0 Å². The molecule has 2 aromatic rings. The van der Waals surface area contributed by atoms with Crippen molar-refractivity contribution in [2.45, 2.75) is 27.2 Å². The van der Waals surface area contributed by atoms with Gasteiger partial charge in [-0.05, 0) is 32.4 Å². The highest BCUT2D eigenvalue weighted by atomic mass is 35.5. The molecule has 1 heterocycles. The molecule has 0 aliphatic heterocycles. The Kier molecular flexibility index (Phi) is 7.87. The van der Waals surface area contributed by atoms with Crippen molar-refractivity contribution in [3.05, 3.63) is 33.8 Å². The molecule has 1 aromatic heterocycles. The van der Waals surface area contributed by atoms with Crippen LogP contribution in [0.1, 0.15) is 48.0 Å². The number of carbonyl (C=O) groups is 2. The summed E-state index contributed by atoms with van der Waals surface area (Å²) in [6.07, 6.45) is 0.816. The molecule has 1 aromatic carbocycles. The van der Waals surface area contributed by atoms with Gasteiger partial charge in [0.1, 0.15) is 0 Å². The first-order valence-electron chi connectivity index (χ1n) is 8.53. The lowest BCUT2D eigenvalue weighted by atomic mass is 10.2. The lowest BCUT2D eigenvalue weighted by Gasteiger charge is -2.14. The van der Waals surface area contributed by atoms with E-state index in [9.17, 15) is 9.59 Å².